The number of halogens is 3. The number of carbonyl (C=O) groups is 2. The van der Waals surface area contributed by atoms with Crippen LogP contribution in [0.25, 0.3) is 6.08 Å². The number of hydrogen-bond donors (Lipinski definition) is 0. The molecule has 7 heteroatoms. The van der Waals surface area contributed by atoms with Gasteiger partial charge in [-0.3, -0.25) is 19.4 Å². The topological polar surface area (TPSA) is 40.6 Å². The quantitative estimate of drug-likeness (QED) is 0.519. The lowest BCUT2D eigenvalue weighted by Gasteiger charge is -2.47. The lowest BCUT2D eigenvalue weighted by Crippen LogP contribution is -2.62. The summed E-state index contributed by atoms with van der Waals surface area (Å²) in [6, 6.07) is 20.4. The van der Waals surface area contributed by atoms with Gasteiger partial charge in [0.1, 0.15) is 12.1 Å². The molecule has 4 nitrogen and oxygen atoms in total. The zero-order valence-corrected chi connectivity index (χ0v) is 16.7. The van der Waals surface area contributed by atoms with E-state index < -0.39 is 35.6 Å². The highest BCUT2D eigenvalue weighted by Gasteiger charge is 2.48. The fraction of sp³-hybridized carbons (Fsp3) is 0.120. The largest absolute Gasteiger partial charge is 0.416 e. The van der Waals surface area contributed by atoms with Crippen molar-refractivity contribution in [3.63, 3.8) is 0 Å². The molecule has 2 aliphatic heterocycles. The van der Waals surface area contributed by atoms with E-state index in [0.29, 0.717) is 11.3 Å². The monoisotopic (exact) mass is 434 g/mol. The molecule has 0 N–H and O–H groups in total. The van der Waals surface area contributed by atoms with E-state index in [9.17, 15) is 22.8 Å². The average molecular weight is 434 g/mol. The minimum Gasteiger partial charge on any atom is -0.286 e. The maximum Gasteiger partial charge on any atom is 0.416 e. The number of carbonyl (C=O) groups excluding carboxylic acids is 2. The van der Waals surface area contributed by atoms with E-state index in [2.05, 4.69) is 0 Å². The molecule has 2 heterocycles. The Balaban J connectivity index is 1.69. The van der Waals surface area contributed by atoms with Crippen molar-refractivity contribution >= 4 is 29.3 Å². The zero-order valence-electron chi connectivity index (χ0n) is 16.7. The highest BCUT2D eigenvalue weighted by Crippen LogP contribution is 2.41. The summed E-state index contributed by atoms with van der Waals surface area (Å²) >= 11 is 0. The van der Waals surface area contributed by atoms with E-state index in [0.717, 1.165) is 17.7 Å². The number of hydrogen-bond acceptors (Lipinski definition) is 2. The van der Waals surface area contributed by atoms with Crippen LogP contribution < -0.4 is 9.80 Å². The van der Waals surface area contributed by atoms with Crippen molar-refractivity contribution in [2.24, 2.45) is 0 Å². The van der Waals surface area contributed by atoms with Crippen molar-refractivity contribution in [2.45, 2.75) is 18.3 Å². The second-order valence-corrected chi connectivity index (χ2v) is 7.64. The molecule has 2 unspecified atom stereocenters. The second-order valence-electron chi connectivity index (χ2n) is 7.64. The Morgan fingerprint density at radius 2 is 1.44 bits per heavy atom. The molecule has 3 aromatic rings. The van der Waals surface area contributed by atoms with Crippen LogP contribution in [0.4, 0.5) is 24.5 Å². The van der Waals surface area contributed by atoms with Crippen molar-refractivity contribution in [1.82, 2.24) is 0 Å². The van der Waals surface area contributed by atoms with Crippen LogP contribution in [-0.4, -0.2) is 18.0 Å². The molecule has 0 bridgehead atoms. The van der Waals surface area contributed by atoms with Gasteiger partial charge in [-0.1, -0.05) is 60.7 Å². The number of anilines is 2. The van der Waals surface area contributed by atoms with E-state index >= 15 is 0 Å². The standard InChI is InChI=1S/C25H17F3N2O2/c26-25(27,28)18-10-6-11-19(15-18)29-21-14-13-16-7-4-5-12-20(16)30(21)24(32)22(23(29)31)17-8-2-1-3-9-17/h1-15,21-22H. The zero-order chi connectivity index (χ0) is 22.5. The van der Waals surface area contributed by atoms with Crippen LogP contribution >= 0.6 is 0 Å². The normalized spacial score (nSPS) is 20.2. The third kappa shape index (κ3) is 3.17. The third-order valence-corrected chi connectivity index (χ3v) is 5.73. The molecule has 32 heavy (non-hydrogen) atoms. The van der Waals surface area contributed by atoms with E-state index in [-0.39, 0.29) is 5.69 Å². The Hall–Kier alpha value is -3.87. The van der Waals surface area contributed by atoms with Crippen LogP contribution in [0.5, 0.6) is 0 Å². The van der Waals surface area contributed by atoms with E-state index in [4.69, 9.17) is 0 Å². The van der Waals surface area contributed by atoms with E-state index in [1.807, 2.05) is 12.1 Å². The van der Waals surface area contributed by atoms with Crippen LogP contribution in [0.1, 0.15) is 22.6 Å². The fourth-order valence-electron chi connectivity index (χ4n) is 4.27. The maximum atomic E-state index is 13.6. The van der Waals surface area contributed by atoms with Crippen molar-refractivity contribution in [3.8, 4) is 0 Å². The lowest BCUT2D eigenvalue weighted by atomic mass is 9.90. The summed E-state index contributed by atoms with van der Waals surface area (Å²) in [6.07, 6.45) is -1.98. The summed E-state index contributed by atoms with van der Waals surface area (Å²) in [7, 11) is 0. The first-order chi connectivity index (χ1) is 15.4. The van der Waals surface area contributed by atoms with Gasteiger partial charge in [0.25, 0.3) is 0 Å². The molecule has 2 amide bonds. The molecule has 2 aliphatic rings. The van der Waals surface area contributed by atoms with Gasteiger partial charge in [-0.15, -0.1) is 0 Å². The highest BCUT2D eigenvalue weighted by atomic mass is 19.4. The molecule has 3 aromatic carbocycles. The van der Waals surface area contributed by atoms with Crippen LogP contribution in [0.3, 0.4) is 0 Å². The van der Waals surface area contributed by atoms with E-state index in [1.54, 1.807) is 54.6 Å². The fourth-order valence-corrected chi connectivity index (χ4v) is 4.27. The van der Waals surface area contributed by atoms with Gasteiger partial charge in [-0.25, -0.2) is 0 Å². The van der Waals surface area contributed by atoms with Gasteiger partial charge in [0, 0.05) is 5.69 Å². The minimum absolute atomic E-state index is 0.0808. The number of amides is 2. The van der Waals surface area contributed by atoms with Gasteiger partial charge in [-0.05, 0) is 41.5 Å². The predicted molar refractivity (Wildman–Crippen MR) is 115 cm³/mol. The number of benzene rings is 3. The van der Waals surface area contributed by atoms with Crippen molar-refractivity contribution in [2.75, 3.05) is 9.80 Å². The molecule has 0 saturated carbocycles. The molecule has 5 rings (SSSR count). The highest BCUT2D eigenvalue weighted by molar-refractivity contribution is 6.21. The summed E-state index contributed by atoms with van der Waals surface area (Å²) < 4.78 is 40.2. The average Bonchev–Trinajstić information content (AvgIpc) is 2.79. The second kappa shape index (κ2) is 7.37. The third-order valence-electron chi connectivity index (χ3n) is 5.73. The number of alkyl halides is 3. The Labute approximate surface area is 182 Å². The Bertz CT molecular complexity index is 1240. The molecule has 1 fully saturated rings. The molecular formula is C25H17F3N2O2. The van der Waals surface area contributed by atoms with Crippen LogP contribution in [0.2, 0.25) is 0 Å². The molecule has 0 spiro atoms. The summed E-state index contributed by atoms with van der Waals surface area (Å²) in [6.45, 7) is 0. The van der Waals surface area contributed by atoms with Gasteiger partial charge in [0.2, 0.25) is 11.8 Å². The summed E-state index contributed by atoms with van der Waals surface area (Å²) in [5, 5.41) is 0. The first-order valence-corrected chi connectivity index (χ1v) is 10.0. The van der Waals surface area contributed by atoms with Gasteiger partial charge >= 0.3 is 6.18 Å². The van der Waals surface area contributed by atoms with Crippen LogP contribution in [0.15, 0.2) is 84.9 Å². The van der Waals surface area contributed by atoms with Crippen molar-refractivity contribution in [3.05, 3.63) is 102 Å². The smallest absolute Gasteiger partial charge is 0.286 e. The summed E-state index contributed by atoms with van der Waals surface area (Å²) in [5.74, 6) is -2.14. The first kappa shape index (κ1) is 20.1. The summed E-state index contributed by atoms with van der Waals surface area (Å²) in [5.41, 5.74) is 1.11. The van der Waals surface area contributed by atoms with E-state index in [1.165, 1.54) is 21.9 Å². The molecule has 160 valence electrons. The summed E-state index contributed by atoms with van der Waals surface area (Å²) in [4.78, 5) is 30.0. The van der Waals surface area contributed by atoms with Crippen LogP contribution in [-0.2, 0) is 15.8 Å². The Kier molecular flexibility index (Phi) is 4.62. The maximum absolute atomic E-state index is 13.6. The predicted octanol–water partition coefficient (Wildman–Crippen LogP) is 5.22. The molecule has 0 aliphatic carbocycles. The Morgan fingerprint density at radius 3 is 2.19 bits per heavy atom. The molecule has 2 atom stereocenters. The SMILES string of the molecule is O=C1C(c2ccccc2)C(=O)N2c3ccccc3C=CC2N1c1cccc(C(F)(F)F)c1. The van der Waals surface area contributed by atoms with Crippen LogP contribution in [0, 0.1) is 0 Å². The van der Waals surface area contributed by atoms with Gasteiger partial charge < -0.3 is 0 Å². The van der Waals surface area contributed by atoms with Crippen molar-refractivity contribution in [1.29, 1.82) is 0 Å². The first-order valence-electron chi connectivity index (χ1n) is 10.0. The molecule has 1 saturated heterocycles. The molecule has 0 radical (unpaired) electrons. The molecular weight excluding hydrogens is 417 g/mol. The lowest BCUT2D eigenvalue weighted by molar-refractivity contribution is -0.138. The van der Waals surface area contributed by atoms with Gasteiger partial charge in [0.05, 0.1) is 11.3 Å². The molecule has 0 aromatic heterocycles. The number of nitrogens with zero attached hydrogens (tertiary/aromatic N) is 2. The Morgan fingerprint density at radius 1 is 0.750 bits per heavy atom. The van der Waals surface area contributed by atoms with Gasteiger partial charge in [-0.2, -0.15) is 13.2 Å². The number of rotatable bonds is 2. The van der Waals surface area contributed by atoms with Crippen molar-refractivity contribution < 1.29 is 22.8 Å². The van der Waals surface area contributed by atoms with Gasteiger partial charge in [0.15, 0.2) is 0 Å². The minimum atomic E-state index is -4.56. The number of fused-ring (bicyclic) bond motifs is 3. The number of para-hydroxylation sites is 1.